The Kier molecular flexibility index (Phi) is 3.82. The van der Waals surface area contributed by atoms with Gasteiger partial charge in [-0.15, -0.1) is 23.7 Å². The van der Waals surface area contributed by atoms with Crippen molar-refractivity contribution in [3.05, 3.63) is 17.0 Å². The van der Waals surface area contributed by atoms with Crippen molar-refractivity contribution in [3.8, 4) is 0 Å². The first-order valence-corrected chi connectivity index (χ1v) is 3.54. The minimum absolute atomic E-state index is 0. The number of nitrogen functional groups attached to an aromatic ring is 1. The van der Waals surface area contributed by atoms with E-state index in [4.69, 9.17) is 5.84 Å². The highest BCUT2D eigenvalue weighted by atomic mass is 35.5. The van der Waals surface area contributed by atoms with Gasteiger partial charge in [-0.05, 0) is 6.07 Å². The largest absolute Gasteiger partial charge is 0.417 e. The Morgan fingerprint density at radius 1 is 1.42 bits per heavy atom. The predicted molar refractivity (Wildman–Crippen MR) is 44.4 cm³/mol. The SMILES string of the molecule is Cl.NNc1cc(C(F)(F)F)cs1. The third-order valence-corrected chi connectivity index (χ3v) is 1.93. The molecule has 0 fully saturated rings. The molecular weight excluding hydrogens is 213 g/mol. The molecule has 0 spiro atoms. The fourth-order valence-electron chi connectivity index (χ4n) is 0.561. The highest BCUT2D eigenvalue weighted by molar-refractivity contribution is 7.14. The molecule has 0 saturated heterocycles. The molecule has 2 nitrogen and oxygen atoms in total. The first kappa shape index (κ1) is 11.5. The molecule has 0 unspecified atom stereocenters. The van der Waals surface area contributed by atoms with Crippen LogP contribution in [0.4, 0.5) is 18.2 Å². The summed E-state index contributed by atoms with van der Waals surface area (Å²) in [6, 6.07) is 0.963. The minimum atomic E-state index is -4.27. The second kappa shape index (κ2) is 3.97. The third-order valence-electron chi connectivity index (χ3n) is 1.07. The van der Waals surface area contributed by atoms with Gasteiger partial charge >= 0.3 is 6.18 Å². The number of hydrogen-bond donors (Lipinski definition) is 2. The molecule has 3 N–H and O–H groups in total. The zero-order valence-corrected chi connectivity index (χ0v) is 7.32. The number of nitrogens with two attached hydrogens (primary N) is 1. The van der Waals surface area contributed by atoms with E-state index in [0.717, 1.165) is 22.8 Å². The quantitative estimate of drug-likeness (QED) is 0.561. The Balaban J connectivity index is 0.00000121. The maximum Gasteiger partial charge on any atom is 0.417 e. The third kappa shape index (κ3) is 2.54. The lowest BCUT2D eigenvalue weighted by molar-refractivity contribution is -0.137. The molecule has 0 aromatic carbocycles. The average Bonchev–Trinajstić information content (AvgIpc) is 2.32. The molecule has 0 bridgehead atoms. The first-order chi connectivity index (χ1) is 5.04. The summed E-state index contributed by atoms with van der Waals surface area (Å²) in [4.78, 5) is 0. The second-order valence-electron chi connectivity index (χ2n) is 1.84. The molecule has 0 saturated carbocycles. The number of alkyl halides is 3. The van der Waals surface area contributed by atoms with E-state index >= 15 is 0 Å². The van der Waals surface area contributed by atoms with Gasteiger partial charge in [-0.25, -0.2) is 5.84 Å². The molecule has 0 aliphatic heterocycles. The van der Waals surface area contributed by atoms with E-state index < -0.39 is 11.7 Å². The highest BCUT2D eigenvalue weighted by Gasteiger charge is 2.31. The molecule has 0 radical (unpaired) electrons. The standard InChI is InChI=1S/C5H5F3N2S.ClH/c6-5(7,8)3-1-4(10-9)11-2-3;/h1-2,10H,9H2;1H. The van der Waals surface area contributed by atoms with Gasteiger partial charge in [-0.2, -0.15) is 13.2 Å². The number of halogens is 4. The molecule has 0 amide bonds. The van der Waals surface area contributed by atoms with Gasteiger partial charge in [0.15, 0.2) is 0 Å². The molecule has 0 aliphatic carbocycles. The van der Waals surface area contributed by atoms with E-state index in [1.165, 1.54) is 0 Å². The maximum absolute atomic E-state index is 11.9. The summed E-state index contributed by atoms with van der Waals surface area (Å²) >= 11 is 0.920. The van der Waals surface area contributed by atoms with Crippen molar-refractivity contribution < 1.29 is 13.2 Å². The number of hydrazine groups is 1. The van der Waals surface area contributed by atoms with Gasteiger partial charge < -0.3 is 5.43 Å². The minimum Gasteiger partial charge on any atom is -0.315 e. The Morgan fingerprint density at radius 2 is 2.00 bits per heavy atom. The van der Waals surface area contributed by atoms with Gasteiger partial charge in [0.1, 0.15) is 5.00 Å². The van der Waals surface area contributed by atoms with Crippen molar-refractivity contribution in [2.45, 2.75) is 6.18 Å². The van der Waals surface area contributed by atoms with Crippen molar-refractivity contribution in [1.82, 2.24) is 0 Å². The maximum atomic E-state index is 11.9. The van der Waals surface area contributed by atoms with Crippen LogP contribution in [-0.2, 0) is 6.18 Å². The van der Waals surface area contributed by atoms with E-state index in [0.29, 0.717) is 5.00 Å². The number of hydrogen-bond acceptors (Lipinski definition) is 3. The Labute approximate surface area is 76.9 Å². The van der Waals surface area contributed by atoms with Gasteiger partial charge in [-0.3, -0.25) is 0 Å². The lowest BCUT2D eigenvalue weighted by Crippen LogP contribution is -2.05. The van der Waals surface area contributed by atoms with Crippen LogP contribution in [-0.4, -0.2) is 0 Å². The molecule has 1 aromatic rings. The normalized spacial score (nSPS) is 10.7. The lowest BCUT2D eigenvalue weighted by Gasteiger charge is -2.00. The summed E-state index contributed by atoms with van der Waals surface area (Å²) in [6.07, 6.45) is -4.27. The summed E-state index contributed by atoms with van der Waals surface area (Å²) in [5.74, 6) is 4.90. The lowest BCUT2D eigenvalue weighted by atomic mass is 10.3. The smallest absolute Gasteiger partial charge is 0.315 e. The molecule has 1 heterocycles. The van der Waals surface area contributed by atoms with Gasteiger partial charge in [0.05, 0.1) is 5.56 Å². The van der Waals surface area contributed by atoms with Gasteiger partial charge in [-0.1, -0.05) is 0 Å². The van der Waals surface area contributed by atoms with Crippen LogP contribution in [0.2, 0.25) is 0 Å². The van der Waals surface area contributed by atoms with Crippen LogP contribution in [0.5, 0.6) is 0 Å². The Bertz CT molecular complexity index is 247. The molecule has 7 heteroatoms. The molecule has 12 heavy (non-hydrogen) atoms. The van der Waals surface area contributed by atoms with Crippen molar-refractivity contribution in [2.75, 3.05) is 5.43 Å². The van der Waals surface area contributed by atoms with Crippen LogP contribution >= 0.6 is 23.7 Å². The molecule has 1 aromatic heterocycles. The number of nitrogens with one attached hydrogen (secondary N) is 1. The molecule has 1 rings (SSSR count). The van der Waals surface area contributed by atoms with Gasteiger partial charge in [0.25, 0.3) is 0 Å². The average molecular weight is 219 g/mol. The molecule has 0 atom stereocenters. The van der Waals surface area contributed by atoms with Crippen LogP contribution in [0.3, 0.4) is 0 Å². The van der Waals surface area contributed by atoms with Gasteiger partial charge in [0.2, 0.25) is 0 Å². The van der Waals surface area contributed by atoms with E-state index in [2.05, 4.69) is 5.43 Å². The van der Waals surface area contributed by atoms with Crippen molar-refractivity contribution in [3.63, 3.8) is 0 Å². The second-order valence-corrected chi connectivity index (χ2v) is 2.75. The van der Waals surface area contributed by atoms with Gasteiger partial charge in [0, 0.05) is 5.38 Å². The molecule has 0 aliphatic rings. The summed E-state index contributed by atoms with van der Waals surface area (Å²) < 4.78 is 35.6. The summed E-state index contributed by atoms with van der Waals surface area (Å²) in [6.45, 7) is 0. The monoisotopic (exact) mass is 218 g/mol. The number of thiophene rings is 1. The summed E-state index contributed by atoms with van der Waals surface area (Å²) in [5.41, 5.74) is 1.47. The van der Waals surface area contributed by atoms with E-state index in [-0.39, 0.29) is 12.4 Å². The fraction of sp³-hybridized carbons (Fsp3) is 0.200. The highest BCUT2D eigenvalue weighted by Crippen LogP contribution is 2.34. The Morgan fingerprint density at radius 3 is 2.25 bits per heavy atom. The zero-order chi connectivity index (χ0) is 8.48. The molecular formula is C5H6ClF3N2S. The zero-order valence-electron chi connectivity index (χ0n) is 5.68. The predicted octanol–water partition coefficient (Wildman–Crippen LogP) is 2.47. The van der Waals surface area contributed by atoms with E-state index in [1.54, 1.807) is 0 Å². The van der Waals surface area contributed by atoms with Crippen molar-refractivity contribution in [2.24, 2.45) is 5.84 Å². The van der Waals surface area contributed by atoms with Crippen molar-refractivity contribution >= 4 is 28.7 Å². The fourth-order valence-corrected chi connectivity index (χ4v) is 1.28. The van der Waals surface area contributed by atoms with Crippen LogP contribution < -0.4 is 11.3 Å². The summed E-state index contributed by atoms with van der Waals surface area (Å²) in [7, 11) is 0. The van der Waals surface area contributed by atoms with Crippen LogP contribution in [0, 0.1) is 0 Å². The van der Waals surface area contributed by atoms with Crippen LogP contribution in [0.1, 0.15) is 5.56 Å². The Hall–Kier alpha value is -0.460. The number of rotatable bonds is 1. The topological polar surface area (TPSA) is 38.0 Å². The van der Waals surface area contributed by atoms with E-state index in [1.807, 2.05) is 0 Å². The van der Waals surface area contributed by atoms with Crippen LogP contribution in [0.15, 0.2) is 11.4 Å². The van der Waals surface area contributed by atoms with Crippen LogP contribution in [0.25, 0.3) is 0 Å². The molecule has 70 valence electrons. The van der Waals surface area contributed by atoms with Crippen molar-refractivity contribution in [1.29, 1.82) is 0 Å². The summed E-state index contributed by atoms with van der Waals surface area (Å²) in [5, 5.41) is 1.31. The number of anilines is 1. The van der Waals surface area contributed by atoms with E-state index in [9.17, 15) is 13.2 Å². The first-order valence-electron chi connectivity index (χ1n) is 2.66.